The minimum absolute atomic E-state index is 0.0656. The number of carbonyl (C=O) groups excluding carboxylic acids is 1. The van der Waals surface area contributed by atoms with Crippen LogP contribution in [0.15, 0.2) is 23.1 Å². The summed E-state index contributed by atoms with van der Waals surface area (Å²) in [6.45, 7) is 2.74. The van der Waals surface area contributed by atoms with Gasteiger partial charge < -0.3 is 16.4 Å². The van der Waals surface area contributed by atoms with Crippen LogP contribution < -0.4 is 21.1 Å². The fourth-order valence-electron chi connectivity index (χ4n) is 1.61. The normalized spacial score (nSPS) is 11.1. The van der Waals surface area contributed by atoms with E-state index >= 15 is 0 Å². The van der Waals surface area contributed by atoms with Crippen molar-refractivity contribution in [3.05, 3.63) is 18.2 Å². The summed E-state index contributed by atoms with van der Waals surface area (Å²) in [7, 11) is -2.27. The summed E-state index contributed by atoms with van der Waals surface area (Å²) >= 11 is 0. The fourth-order valence-corrected chi connectivity index (χ4v) is 2.55. The van der Waals surface area contributed by atoms with Crippen LogP contribution in [0.2, 0.25) is 0 Å². The molecule has 7 nitrogen and oxygen atoms in total. The highest BCUT2D eigenvalue weighted by Crippen LogP contribution is 2.23. The van der Waals surface area contributed by atoms with Gasteiger partial charge in [-0.05, 0) is 32.2 Å². The quantitative estimate of drug-likeness (QED) is 0.534. The van der Waals surface area contributed by atoms with Gasteiger partial charge in [-0.25, -0.2) is 13.1 Å². The molecule has 0 bridgehead atoms. The van der Waals surface area contributed by atoms with Crippen molar-refractivity contribution in [1.29, 1.82) is 0 Å². The van der Waals surface area contributed by atoms with E-state index in [0.717, 1.165) is 0 Å². The van der Waals surface area contributed by atoms with Crippen molar-refractivity contribution in [2.24, 2.45) is 0 Å². The van der Waals surface area contributed by atoms with Gasteiger partial charge in [0.05, 0.1) is 5.69 Å². The third kappa shape index (κ3) is 4.39. The van der Waals surface area contributed by atoms with Crippen LogP contribution in [0.5, 0.6) is 0 Å². The Balaban J connectivity index is 2.83. The van der Waals surface area contributed by atoms with Crippen LogP contribution in [0.4, 0.5) is 11.4 Å². The van der Waals surface area contributed by atoms with Crippen LogP contribution >= 0.6 is 0 Å². The van der Waals surface area contributed by atoms with Crippen LogP contribution in [0.25, 0.3) is 0 Å². The number of anilines is 2. The van der Waals surface area contributed by atoms with Crippen molar-refractivity contribution in [3.8, 4) is 0 Å². The van der Waals surface area contributed by atoms with Gasteiger partial charge in [0.25, 0.3) is 0 Å². The number of sulfonamides is 1. The summed E-state index contributed by atoms with van der Waals surface area (Å²) in [6.07, 6.45) is 0.261. The van der Waals surface area contributed by atoms with Gasteiger partial charge in [-0.2, -0.15) is 0 Å². The summed E-state index contributed by atoms with van der Waals surface area (Å²) in [6, 6.07) is 4.56. The molecule has 1 aromatic carbocycles. The molecule has 1 amide bonds. The second-order valence-corrected chi connectivity index (χ2v) is 5.95. The minimum atomic E-state index is -3.61. The van der Waals surface area contributed by atoms with E-state index in [1.807, 2.05) is 6.92 Å². The van der Waals surface area contributed by atoms with Gasteiger partial charge in [0.15, 0.2) is 0 Å². The highest BCUT2D eigenvalue weighted by molar-refractivity contribution is 7.89. The molecule has 0 unspecified atom stereocenters. The average molecular weight is 300 g/mol. The van der Waals surface area contributed by atoms with Crippen molar-refractivity contribution in [2.45, 2.75) is 18.2 Å². The van der Waals surface area contributed by atoms with E-state index < -0.39 is 10.0 Å². The van der Waals surface area contributed by atoms with Crippen LogP contribution in [0.1, 0.15) is 13.3 Å². The number of nitrogen functional groups attached to an aromatic ring is 1. The predicted octanol–water partition coefficient (Wildman–Crippen LogP) is 0.115. The van der Waals surface area contributed by atoms with Gasteiger partial charge in [0.2, 0.25) is 15.9 Å². The lowest BCUT2D eigenvalue weighted by Crippen LogP contribution is -2.25. The Labute approximate surface area is 119 Å². The van der Waals surface area contributed by atoms with E-state index in [4.69, 9.17) is 5.73 Å². The van der Waals surface area contributed by atoms with E-state index in [0.29, 0.717) is 24.5 Å². The first kappa shape index (κ1) is 16.3. The van der Waals surface area contributed by atoms with Gasteiger partial charge >= 0.3 is 0 Å². The average Bonchev–Trinajstić information content (AvgIpc) is 2.40. The lowest BCUT2D eigenvalue weighted by atomic mass is 10.2. The zero-order valence-electron chi connectivity index (χ0n) is 11.6. The van der Waals surface area contributed by atoms with Crippen molar-refractivity contribution < 1.29 is 13.2 Å². The van der Waals surface area contributed by atoms with E-state index in [9.17, 15) is 13.2 Å². The number of carbonyl (C=O) groups is 1. The Morgan fingerprint density at radius 1 is 1.35 bits per heavy atom. The Morgan fingerprint density at radius 3 is 2.65 bits per heavy atom. The third-order valence-corrected chi connectivity index (χ3v) is 4.06. The Morgan fingerprint density at radius 2 is 2.05 bits per heavy atom. The summed E-state index contributed by atoms with van der Waals surface area (Å²) in [5.74, 6) is -0.0894. The zero-order chi connectivity index (χ0) is 15.2. The van der Waals surface area contributed by atoms with Gasteiger partial charge in [0, 0.05) is 25.2 Å². The molecule has 0 atom stereocenters. The molecular weight excluding hydrogens is 280 g/mol. The van der Waals surface area contributed by atoms with E-state index in [2.05, 4.69) is 15.4 Å². The van der Waals surface area contributed by atoms with Gasteiger partial charge in [-0.1, -0.05) is 0 Å². The van der Waals surface area contributed by atoms with E-state index in [1.54, 1.807) is 12.1 Å². The number of hydrogen-bond donors (Lipinski definition) is 4. The number of amides is 1. The number of hydrogen-bond acceptors (Lipinski definition) is 5. The number of nitrogens with two attached hydrogens (primary N) is 1. The lowest BCUT2D eigenvalue weighted by molar-refractivity contribution is -0.120. The Bertz CT molecular complexity index is 572. The topological polar surface area (TPSA) is 113 Å². The minimum Gasteiger partial charge on any atom is -0.399 e. The SMILES string of the molecule is CCNC(=O)CCNc1ccc(N)cc1S(=O)(=O)NC. The van der Waals surface area contributed by atoms with Crippen LogP contribution in [0.3, 0.4) is 0 Å². The van der Waals surface area contributed by atoms with E-state index in [-0.39, 0.29) is 17.2 Å². The molecule has 1 aromatic rings. The number of benzene rings is 1. The van der Waals surface area contributed by atoms with E-state index in [1.165, 1.54) is 13.1 Å². The van der Waals surface area contributed by atoms with Crippen LogP contribution in [0, 0.1) is 0 Å². The molecule has 0 saturated carbocycles. The molecule has 0 aliphatic rings. The fraction of sp³-hybridized carbons (Fsp3) is 0.417. The molecule has 0 aromatic heterocycles. The molecular formula is C12H20N4O3S. The van der Waals surface area contributed by atoms with Gasteiger partial charge in [-0.3, -0.25) is 4.79 Å². The summed E-state index contributed by atoms with van der Waals surface area (Å²) in [5, 5.41) is 5.60. The number of nitrogens with one attached hydrogen (secondary N) is 3. The first-order valence-electron chi connectivity index (χ1n) is 6.24. The Kier molecular flexibility index (Phi) is 5.78. The van der Waals surface area contributed by atoms with Crippen LogP contribution in [-0.4, -0.2) is 34.5 Å². The molecule has 112 valence electrons. The molecule has 8 heteroatoms. The predicted molar refractivity (Wildman–Crippen MR) is 78.9 cm³/mol. The largest absolute Gasteiger partial charge is 0.399 e. The maximum Gasteiger partial charge on any atom is 0.242 e. The second kappa shape index (κ2) is 7.11. The molecule has 0 heterocycles. The summed E-state index contributed by atoms with van der Waals surface area (Å²) in [5.41, 5.74) is 6.38. The van der Waals surface area contributed by atoms with Crippen molar-refractivity contribution in [2.75, 3.05) is 31.2 Å². The first-order chi connectivity index (χ1) is 9.40. The molecule has 0 saturated heterocycles. The highest BCUT2D eigenvalue weighted by Gasteiger charge is 2.17. The molecule has 0 spiro atoms. The molecule has 0 aliphatic heterocycles. The van der Waals surface area contributed by atoms with Crippen molar-refractivity contribution >= 4 is 27.3 Å². The van der Waals surface area contributed by atoms with Crippen molar-refractivity contribution in [1.82, 2.24) is 10.0 Å². The number of rotatable bonds is 7. The summed E-state index contributed by atoms with van der Waals surface area (Å²) < 4.78 is 26.0. The maximum absolute atomic E-state index is 11.9. The molecule has 0 fully saturated rings. The van der Waals surface area contributed by atoms with Gasteiger partial charge in [0.1, 0.15) is 4.90 Å². The van der Waals surface area contributed by atoms with Crippen LogP contribution in [-0.2, 0) is 14.8 Å². The molecule has 0 aliphatic carbocycles. The zero-order valence-corrected chi connectivity index (χ0v) is 12.4. The maximum atomic E-state index is 11.9. The smallest absolute Gasteiger partial charge is 0.242 e. The molecule has 5 N–H and O–H groups in total. The highest BCUT2D eigenvalue weighted by atomic mass is 32.2. The molecule has 0 radical (unpaired) electrons. The monoisotopic (exact) mass is 300 g/mol. The molecule has 1 rings (SSSR count). The third-order valence-electron chi connectivity index (χ3n) is 2.61. The first-order valence-corrected chi connectivity index (χ1v) is 7.72. The summed E-state index contributed by atoms with van der Waals surface area (Å²) in [4.78, 5) is 11.4. The second-order valence-electron chi connectivity index (χ2n) is 4.09. The molecule has 20 heavy (non-hydrogen) atoms. The van der Waals surface area contributed by atoms with Crippen molar-refractivity contribution in [3.63, 3.8) is 0 Å². The van der Waals surface area contributed by atoms with Gasteiger partial charge in [-0.15, -0.1) is 0 Å². The Hall–Kier alpha value is -1.80. The standard InChI is InChI=1S/C12H20N4O3S/c1-3-15-12(17)6-7-16-10-5-4-9(13)8-11(10)20(18,19)14-2/h4-5,8,14,16H,3,6-7,13H2,1-2H3,(H,15,17). The lowest BCUT2D eigenvalue weighted by Gasteiger charge is -2.12.